The molecule has 0 saturated heterocycles. The quantitative estimate of drug-likeness (QED) is 0.208. The zero-order chi connectivity index (χ0) is 17.0. The summed E-state index contributed by atoms with van der Waals surface area (Å²) < 4.78 is 0. The van der Waals surface area contributed by atoms with Crippen LogP contribution in [-0.2, 0) is 17.1 Å². The van der Waals surface area contributed by atoms with Gasteiger partial charge in [-0.1, -0.05) is 11.8 Å². The molecule has 0 amide bonds. The second kappa shape index (κ2) is 13.4. The number of aliphatic hydroxyl groups excluding tert-OH is 1. The number of nitro benzene ring substituents is 1. The molecule has 131 valence electrons. The van der Waals surface area contributed by atoms with Crippen LogP contribution in [0.3, 0.4) is 0 Å². The summed E-state index contributed by atoms with van der Waals surface area (Å²) in [5.74, 6) is -0.298. The zero-order valence-corrected chi connectivity index (χ0v) is 12.6. The van der Waals surface area contributed by atoms with Crippen molar-refractivity contribution in [3.8, 4) is 5.75 Å². The number of hydrogen-bond donors (Lipinski definition) is 2. The van der Waals surface area contributed by atoms with E-state index in [-0.39, 0.29) is 40.7 Å². The molecule has 0 saturated carbocycles. The van der Waals surface area contributed by atoms with Gasteiger partial charge >= 0.3 is 17.1 Å². The van der Waals surface area contributed by atoms with Gasteiger partial charge in [-0.25, -0.2) is 0 Å². The first kappa shape index (κ1) is 23.0. The molecule has 0 heterocycles. The van der Waals surface area contributed by atoms with Crippen molar-refractivity contribution in [3.05, 3.63) is 49.2 Å². The number of nitro groups is 1. The van der Waals surface area contributed by atoms with Gasteiger partial charge in [0.2, 0.25) is 0 Å². The second-order valence-corrected chi connectivity index (χ2v) is 3.71. The first-order chi connectivity index (χ1) is 10.4. The standard InChI is InChI=1S/C11H15N3O4.Cu.NO3/c15-6-5-12-3-4-13-8-9-7-10(14(17)18)1-2-11(9)16;;2-1(3)4/h1-2,7-8,12,15-16H,3-6H2;;/q;+2;-1/p-1. The van der Waals surface area contributed by atoms with Crippen LogP contribution in [0.1, 0.15) is 5.56 Å². The Morgan fingerprint density at radius 3 is 2.35 bits per heavy atom. The average Bonchev–Trinajstić information content (AvgIpc) is 2.43. The van der Waals surface area contributed by atoms with E-state index in [1.807, 2.05) is 0 Å². The van der Waals surface area contributed by atoms with Crippen molar-refractivity contribution in [2.45, 2.75) is 0 Å². The average molecular weight is 378 g/mol. The van der Waals surface area contributed by atoms with Gasteiger partial charge in [-0.05, 0) is 5.56 Å². The van der Waals surface area contributed by atoms with E-state index in [0.29, 0.717) is 19.6 Å². The van der Waals surface area contributed by atoms with E-state index in [1.165, 1.54) is 18.3 Å². The van der Waals surface area contributed by atoms with Crippen molar-refractivity contribution >= 4 is 11.9 Å². The molecule has 0 bridgehead atoms. The second-order valence-electron chi connectivity index (χ2n) is 3.71. The molecule has 1 aromatic rings. The summed E-state index contributed by atoms with van der Waals surface area (Å²) in [6.07, 6.45) is 1.33. The molecule has 12 heteroatoms. The van der Waals surface area contributed by atoms with E-state index < -0.39 is 10.0 Å². The summed E-state index contributed by atoms with van der Waals surface area (Å²) in [4.78, 5) is 22.2. The monoisotopic (exact) mass is 377 g/mol. The summed E-state index contributed by atoms with van der Waals surface area (Å²) in [5, 5.41) is 48.1. The Bertz CT molecular complexity index is 523. The van der Waals surface area contributed by atoms with Crippen LogP contribution in [0.2, 0.25) is 0 Å². The molecular weight excluding hydrogens is 364 g/mol. The Morgan fingerprint density at radius 2 is 1.83 bits per heavy atom. The van der Waals surface area contributed by atoms with Gasteiger partial charge < -0.3 is 30.9 Å². The van der Waals surface area contributed by atoms with Crippen molar-refractivity contribution in [1.82, 2.24) is 5.32 Å². The molecule has 23 heavy (non-hydrogen) atoms. The minimum atomic E-state index is -1.75. The van der Waals surface area contributed by atoms with E-state index in [1.54, 1.807) is 0 Å². The van der Waals surface area contributed by atoms with Gasteiger partial charge in [-0.15, -0.1) is 0 Å². The van der Waals surface area contributed by atoms with E-state index in [0.717, 1.165) is 6.07 Å². The van der Waals surface area contributed by atoms with Crippen LogP contribution in [-0.4, -0.2) is 47.6 Å². The molecule has 0 atom stereocenters. The Hall–Kier alpha value is -2.27. The molecule has 1 aromatic carbocycles. The number of aliphatic hydroxyl groups is 1. The predicted molar refractivity (Wildman–Crippen MR) is 75.3 cm³/mol. The Kier molecular flexibility index (Phi) is 13.4. The van der Waals surface area contributed by atoms with Gasteiger partial charge in [0, 0.05) is 31.4 Å². The number of benzene rings is 1. The molecule has 1 rings (SSSR count). The van der Waals surface area contributed by atoms with E-state index >= 15 is 0 Å². The third-order valence-electron chi connectivity index (χ3n) is 2.14. The summed E-state index contributed by atoms with van der Waals surface area (Å²) >= 11 is 0. The molecule has 0 aliphatic heterocycles. The molecule has 2 N–H and O–H groups in total. The molecule has 0 spiro atoms. The molecule has 0 unspecified atom stereocenters. The van der Waals surface area contributed by atoms with Crippen molar-refractivity contribution in [1.29, 1.82) is 0 Å². The third-order valence-corrected chi connectivity index (χ3v) is 2.14. The van der Waals surface area contributed by atoms with Crippen LogP contribution in [0, 0.1) is 25.4 Å². The molecule has 0 aliphatic rings. The first-order valence-electron chi connectivity index (χ1n) is 5.97. The van der Waals surface area contributed by atoms with Crippen molar-refractivity contribution < 1.29 is 37.3 Å². The van der Waals surface area contributed by atoms with Gasteiger partial charge in [0.15, 0.2) is 0 Å². The van der Waals surface area contributed by atoms with Crippen LogP contribution in [0.4, 0.5) is 5.69 Å². The SMILES string of the molecule is O=[N+]([O-])[O-].O=[N+]([O-])c1ccc([O-])c(C=NCCNCCO)c1.[Cu+2]. The van der Waals surface area contributed by atoms with Crippen molar-refractivity contribution in [2.24, 2.45) is 4.99 Å². The molecule has 0 aliphatic carbocycles. The van der Waals surface area contributed by atoms with E-state index in [4.69, 9.17) is 20.4 Å². The van der Waals surface area contributed by atoms with Gasteiger partial charge in [0.1, 0.15) is 0 Å². The number of nitrogens with one attached hydrogen (secondary N) is 1. The molecule has 1 radical (unpaired) electrons. The fourth-order valence-electron chi connectivity index (χ4n) is 1.26. The predicted octanol–water partition coefficient (Wildman–Crippen LogP) is -0.572. The Balaban J connectivity index is 0. The van der Waals surface area contributed by atoms with Gasteiger partial charge in [-0.2, -0.15) is 0 Å². The summed E-state index contributed by atoms with van der Waals surface area (Å²) in [7, 11) is 0. The van der Waals surface area contributed by atoms with Crippen molar-refractivity contribution in [2.75, 3.05) is 26.2 Å². The van der Waals surface area contributed by atoms with E-state index in [2.05, 4.69) is 10.3 Å². The van der Waals surface area contributed by atoms with Crippen LogP contribution in [0.15, 0.2) is 23.2 Å². The molecule has 0 fully saturated rings. The normalized spacial score (nSPS) is 9.61. The Morgan fingerprint density at radius 1 is 1.22 bits per heavy atom. The molecule has 11 nitrogen and oxygen atoms in total. The van der Waals surface area contributed by atoms with E-state index in [9.17, 15) is 15.2 Å². The number of hydrogen-bond acceptors (Lipinski definition) is 9. The molecule has 0 aromatic heterocycles. The smallest absolute Gasteiger partial charge is 0.872 e. The zero-order valence-electron chi connectivity index (χ0n) is 11.7. The topological polar surface area (TPSA) is 177 Å². The summed E-state index contributed by atoms with van der Waals surface area (Å²) in [5.41, 5.74) is 0.0702. The maximum Gasteiger partial charge on any atom is 2.00 e. The maximum atomic E-state index is 11.4. The van der Waals surface area contributed by atoms with Crippen LogP contribution in [0.25, 0.3) is 0 Å². The fraction of sp³-hybridized carbons (Fsp3) is 0.364. The van der Waals surface area contributed by atoms with Crippen molar-refractivity contribution in [3.63, 3.8) is 0 Å². The van der Waals surface area contributed by atoms with Gasteiger partial charge in [0.25, 0.3) is 5.69 Å². The van der Waals surface area contributed by atoms with Crippen LogP contribution < -0.4 is 10.4 Å². The maximum absolute atomic E-state index is 11.4. The number of rotatable bonds is 7. The minimum absolute atomic E-state index is 0. The Labute approximate surface area is 141 Å². The summed E-state index contributed by atoms with van der Waals surface area (Å²) in [6.45, 7) is 1.54. The van der Waals surface area contributed by atoms with Crippen LogP contribution in [0.5, 0.6) is 5.75 Å². The first-order valence-corrected chi connectivity index (χ1v) is 5.97. The minimum Gasteiger partial charge on any atom is -0.872 e. The summed E-state index contributed by atoms with van der Waals surface area (Å²) in [6, 6.07) is 3.53. The van der Waals surface area contributed by atoms with Crippen LogP contribution >= 0.6 is 0 Å². The van der Waals surface area contributed by atoms with Gasteiger partial charge in [0.05, 0.1) is 23.2 Å². The fourth-order valence-corrected chi connectivity index (χ4v) is 1.26. The third kappa shape index (κ3) is 12.0. The largest absolute Gasteiger partial charge is 2.00 e. The molecular formula is C11H14CuN4O7. The number of aliphatic imine (C=N–C) groups is 1. The van der Waals surface area contributed by atoms with Gasteiger partial charge in [-0.3, -0.25) is 15.1 Å². The number of nitrogens with zero attached hydrogens (tertiary/aromatic N) is 3. The number of non-ortho nitro benzene ring substituents is 1.